The van der Waals surface area contributed by atoms with Gasteiger partial charge in [0.25, 0.3) is 0 Å². The van der Waals surface area contributed by atoms with Gasteiger partial charge in [-0.1, -0.05) is 133 Å². The molecule has 0 aliphatic heterocycles. The van der Waals surface area contributed by atoms with Crippen LogP contribution < -0.4 is 31.9 Å². The predicted octanol–water partition coefficient (Wildman–Crippen LogP) is 7.68. The number of aliphatic hydroxyl groups excluding tert-OH is 2. The fraction of sp³-hybridized carbons (Fsp3) is 0.0333. The van der Waals surface area contributed by atoms with Gasteiger partial charge in [-0.15, -0.1) is 23.0 Å². The van der Waals surface area contributed by atoms with Crippen molar-refractivity contribution in [2.45, 2.75) is 0 Å². The van der Waals surface area contributed by atoms with E-state index in [9.17, 15) is 20.4 Å². The van der Waals surface area contributed by atoms with Crippen molar-refractivity contribution in [3.05, 3.63) is 296 Å². The Labute approximate surface area is 541 Å². The number of para-hydroxylation sites is 4. The molecule has 6 heterocycles. The number of hydrogen-bond acceptors (Lipinski definition) is 24. The molecule has 0 bridgehead atoms. The maximum absolute atomic E-state index is 11.3. The summed E-state index contributed by atoms with van der Waals surface area (Å²) in [6, 6.07) is 59.7. The van der Waals surface area contributed by atoms with Gasteiger partial charge in [-0.3, -0.25) is 0 Å². The van der Waals surface area contributed by atoms with Crippen LogP contribution in [-0.2, 0) is 49.5 Å². The van der Waals surface area contributed by atoms with Gasteiger partial charge in [0.15, 0.2) is 23.3 Å². The van der Waals surface area contributed by atoms with Gasteiger partial charge in [0.2, 0.25) is 0 Å². The average molecular weight is 1340 g/mol. The number of pyridine rings is 6. The normalized spacial score (nSPS) is 9.21. The van der Waals surface area contributed by atoms with Crippen LogP contribution >= 0.6 is 0 Å². The summed E-state index contributed by atoms with van der Waals surface area (Å²) in [5.74, 6) is 3.41. The molecule has 26 nitrogen and oxygen atoms in total. The molecule has 6 N–H and O–H groups in total. The standard InChI is InChI=1S/4C12H10N2O.2C5H6N2.2CH4O.2NO3.3Ni/c4*15-11-6-2-1-5-10(11)9-14-12-7-3-4-8-13-12;2*6-5-3-1-2-4-7-5;2*1-2;2*2-1(3)4;;;/h4*1-9,15H;2*1-4H,(H2,6,7);2*2H,1H3;;;;;/q;;;;;;;;2*-1;3*+2/p-4/b4*14-9+;;;;;;;;;. The molecular formula is C60H56N14Ni3O12. The first-order valence-electron chi connectivity index (χ1n) is 24.4. The van der Waals surface area contributed by atoms with Crippen molar-refractivity contribution in [2.24, 2.45) is 20.0 Å². The fourth-order valence-electron chi connectivity index (χ4n) is 5.36. The molecule has 0 fully saturated rings. The van der Waals surface area contributed by atoms with Crippen LogP contribution in [-0.4, -0.2) is 89.4 Å². The van der Waals surface area contributed by atoms with Gasteiger partial charge in [0.1, 0.15) is 11.6 Å². The molecule has 0 aliphatic carbocycles. The number of anilines is 2. The minimum atomic E-state index is -1.75. The van der Waals surface area contributed by atoms with Gasteiger partial charge in [-0.25, -0.2) is 49.9 Å². The molecule has 468 valence electrons. The van der Waals surface area contributed by atoms with Crippen molar-refractivity contribution < 1.29 is 90.3 Å². The number of aliphatic hydroxyl groups is 2. The van der Waals surface area contributed by atoms with Gasteiger partial charge < -0.3 is 72.7 Å². The van der Waals surface area contributed by atoms with E-state index in [4.69, 9.17) is 52.3 Å². The monoisotopic (exact) mass is 1340 g/mol. The number of aliphatic imine (C=N–C) groups is 4. The number of hydrogen-bond donors (Lipinski definition) is 4. The number of benzene rings is 4. The third-order valence-corrected chi connectivity index (χ3v) is 8.99. The van der Waals surface area contributed by atoms with Crippen molar-refractivity contribution in [2.75, 3.05) is 25.7 Å². The molecular weight excluding hydrogens is 1280 g/mol. The molecule has 0 spiro atoms. The Kier molecular flexibility index (Phi) is 49.7. The largest absolute Gasteiger partial charge is 2.00 e. The van der Waals surface area contributed by atoms with E-state index < -0.39 is 10.2 Å². The van der Waals surface area contributed by atoms with E-state index in [-0.39, 0.29) is 72.5 Å². The Morgan fingerprint density at radius 3 is 0.618 bits per heavy atom. The molecule has 0 saturated heterocycles. The van der Waals surface area contributed by atoms with Crippen LogP contribution in [0, 0.1) is 30.6 Å². The van der Waals surface area contributed by atoms with Crippen molar-refractivity contribution in [1.29, 1.82) is 0 Å². The van der Waals surface area contributed by atoms with Crippen LogP contribution in [0.5, 0.6) is 23.0 Å². The van der Waals surface area contributed by atoms with E-state index >= 15 is 0 Å². The molecule has 4 aromatic carbocycles. The first-order valence-corrected chi connectivity index (χ1v) is 24.4. The molecule has 0 amide bonds. The summed E-state index contributed by atoms with van der Waals surface area (Å²) in [5.41, 5.74) is 12.8. The molecule has 10 rings (SSSR count). The van der Waals surface area contributed by atoms with E-state index in [1.807, 2.05) is 72.8 Å². The molecule has 0 saturated carbocycles. The van der Waals surface area contributed by atoms with Crippen LogP contribution in [0.2, 0.25) is 0 Å². The molecule has 6 aromatic heterocycles. The zero-order chi connectivity index (χ0) is 63.4. The summed E-state index contributed by atoms with van der Waals surface area (Å²) in [7, 11) is 2.00. The summed E-state index contributed by atoms with van der Waals surface area (Å²) < 4.78 is 0. The van der Waals surface area contributed by atoms with Crippen LogP contribution in [0.25, 0.3) is 0 Å². The Morgan fingerprint density at radius 2 is 0.483 bits per heavy atom. The Balaban J connectivity index is -0.000000971. The third-order valence-electron chi connectivity index (χ3n) is 8.99. The molecule has 0 aliphatic rings. The smallest absolute Gasteiger partial charge is 0.872 e. The van der Waals surface area contributed by atoms with Gasteiger partial charge in [-0.2, -0.15) is 0 Å². The maximum atomic E-state index is 11.3. The quantitative estimate of drug-likeness (QED) is 0.0490. The third kappa shape index (κ3) is 42.5. The van der Waals surface area contributed by atoms with E-state index in [1.54, 1.807) is 146 Å². The number of nitrogens with zero attached hydrogens (tertiary/aromatic N) is 12. The maximum Gasteiger partial charge on any atom is 2.00 e. The zero-order valence-electron chi connectivity index (χ0n) is 46.9. The van der Waals surface area contributed by atoms with Crippen LogP contribution in [0.3, 0.4) is 0 Å². The summed E-state index contributed by atoms with van der Waals surface area (Å²) in [6.07, 6.45) is 16.1. The molecule has 89 heavy (non-hydrogen) atoms. The van der Waals surface area contributed by atoms with Crippen molar-refractivity contribution >= 4 is 59.8 Å². The molecule has 0 radical (unpaired) electrons. The second kappa shape index (κ2) is 53.8. The average Bonchev–Trinajstić information content (AvgIpc) is 3.60. The minimum Gasteiger partial charge on any atom is -0.872 e. The van der Waals surface area contributed by atoms with Crippen LogP contribution in [0.1, 0.15) is 22.3 Å². The van der Waals surface area contributed by atoms with Crippen molar-refractivity contribution in [1.82, 2.24) is 29.9 Å². The van der Waals surface area contributed by atoms with E-state index in [0.717, 1.165) is 14.2 Å². The number of nitrogens with two attached hydrogens (primary N) is 2. The van der Waals surface area contributed by atoms with Gasteiger partial charge in [0.05, 0.1) is 10.2 Å². The van der Waals surface area contributed by atoms with E-state index in [2.05, 4.69) is 49.9 Å². The first-order chi connectivity index (χ1) is 41.7. The second-order valence-corrected chi connectivity index (χ2v) is 14.9. The van der Waals surface area contributed by atoms with Crippen LogP contribution in [0.4, 0.5) is 34.9 Å². The summed E-state index contributed by atoms with van der Waals surface area (Å²) in [6.45, 7) is 0. The van der Waals surface area contributed by atoms with E-state index in [1.165, 1.54) is 49.1 Å². The SMILES string of the molecule is CO.CO.Nc1ccccn1.Nc1ccccn1.O=[N+]([O-])[O-].O=[N+]([O-])[O-].[Ni+2].[Ni+2].[Ni+2].[O-]c1ccccc1/C=N/c1ccccn1.[O-]c1ccccc1/C=N/c1ccccn1.[O-]c1ccccc1/C=N/c1ccccn1.[O-]c1ccccc1/C=N/c1ccccn1. The summed E-state index contributed by atoms with van der Waals surface area (Å²) >= 11 is 0. The first kappa shape index (κ1) is 82.3. The Morgan fingerprint density at radius 1 is 0.315 bits per heavy atom. The van der Waals surface area contributed by atoms with Crippen molar-refractivity contribution in [3.63, 3.8) is 0 Å². The minimum absolute atomic E-state index is 0. The van der Waals surface area contributed by atoms with Gasteiger partial charge in [0, 0.05) is 76.3 Å². The Hall–Kier alpha value is -10.9. The molecule has 0 atom stereocenters. The van der Waals surface area contributed by atoms with Crippen molar-refractivity contribution in [3.8, 4) is 23.0 Å². The topological polar surface area (TPSA) is 444 Å². The van der Waals surface area contributed by atoms with E-state index in [0.29, 0.717) is 57.2 Å². The summed E-state index contributed by atoms with van der Waals surface area (Å²) in [4.78, 5) is 56.5. The molecule has 10 aromatic rings. The van der Waals surface area contributed by atoms with Crippen LogP contribution in [0.15, 0.2) is 263 Å². The molecule has 29 heteroatoms. The summed E-state index contributed by atoms with van der Waals surface area (Å²) in [5, 5.41) is 88.8. The zero-order valence-corrected chi connectivity index (χ0v) is 49.8. The predicted molar refractivity (Wildman–Crippen MR) is 324 cm³/mol. The second-order valence-electron chi connectivity index (χ2n) is 14.9. The van der Waals surface area contributed by atoms with Gasteiger partial charge in [-0.05, 0) is 95.1 Å². The number of nitrogen functional groups attached to an aromatic ring is 2. The Bertz CT molecular complexity index is 3080. The molecule has 0 unspecified atom stereocenters. The van der Waals surface area contributed by atoms with Gasteiger partial charge >= 0.3 is 49.5 Å². The fourth-order valence-corrected chi connectivity index (χ4v) is 5.36. The number of rotatable bonds is 8. The number of aromatic nitrogens is 6.